The fourth-order valence-corrected chi connectivity index (χ4v) is 3.96. The minimum Gasteiger partial charge on any atom is -0.495 e. The van der Waals surface area contributed by atoms with Crippen LogP contribution in [0.3, 0.4) is 0 Å². The molecule has 1 amide bonds. The molecule has 0 atom stereocenters. The molecule has 0 saturated heterocycles. The van der Waals surface area contributed by atoms with Gasteiger partial charge < -0.3 is 19.7 Å². The van der Waals surface area contributed by atoms with Crippen molar-refractivity contribution in [3.05, 3.63) is 45.8 Å². The van der Waals surface area contributed by atoms with Crippen molar-refractivity contribution in [1.82, 2.24) is 14.9 Å². The van der Waals surface area contributed by atoms with Crippen LogP contribution in [0.1, 0.15) is 11.3 Å². The number of hydrogen-bond acceptors (Lipinski definition) is 4. The van der Waals surface area contributed by atoms with Crippen molar-refractivity contribution >= 4 is 40.0 Å². The van der Waals surface area contributed by atoms with Crippen LogP contribution in [0, 0.1) is 0 Å². The van der Waals surface area contributed by atoms with E-state index >= 15 is 0 Å². The van der Waals surface area contributed by atoms with Gasteiger partial charge in [0.25, 0.3) is 0 Å². The Morgan fingerprint density at radius 1 is 1.37 bits per heavy atom. The van der Waals surface area contributed by atoms with Crippen LogP contribution in [0.5, 0.6) is 5.75 Å². The Labute approximate surface area is 165 Å². The van der Waals surface area contributed by atoms with Crippen LogP contribution in [0.15, 0.2) is 24.5 Å². The molecule has 0 aliphatic carbocycles. The minimum absolute atomic E-state index is 0.292. The molecule has 0 spiro atoms. The summed E-state index contributed by atoms with van der Waals surface area (Å²) >= 11 is 12.8. The van der Waals surface area contributed by atoms with Gasteiger partial charge in [0.15, 0.2) is 0 Å². The van der Waals surface area contributed by atoms with Crippen molar-refractivity contribution in [2.45, 2.75) is 13.0 Å². The number of fused-ring (bicyclic) bond motifs is 3. The Kier molecular flexibility index (Phi) is 4.72. The van der Waals surface area contributed by atoms with Gasteiger partial charge >= 0.3 is 0 Å². The Morgan fingerprint density at radius 2 is 2.19 bits per heavy atom. The fraction of sp³-hybridized carbons (Fsp3) is 0.263. The summed E-state index contributed by atoms with van der Waals surface area (Å²) in [5.41, 5.74) is 4.44. The molecule has 1 aliphatic heterocycles. The highest BCUT2D eigenvalue weighted by Gasteiger charge is 2.27. The van der Waals surface area contributed by atoms with Crippen molar-refractivity contribution in [1.29, 1.82) is 0 Å². The number of benzene rings is 1. The van der Waals surface area contributed by atoms with Gasteiger partial charge in [-0.2, -0.15) is 0 Å². The van der Waals surface area contributed by atoms with Gasteiger partial charge in [-0.05, 0) is 17.7 Å². The molecule has 2 aromatic heterocycles. The number of aromatic nitrogens is 2. The third-order valence-corrected chi connectivity index (χ3v) is 5.68. The lowest BCUT2D eigenvalue weighted by molar-refractivity contribution is -0.135. The zero-order chi connectivity index (χ0) is 19.1. The monoisotopic (exact) mass is 405 g/mol. The molecule has 3 aromatic rings. The molecule has 140 valence electrons. The lowest BCUT2D eigenvalue weighted by Gasteiger charge is -2.27. The number of nitrogens with one attached hydrogen (secondary N) is 1. The lowest BCUT2D eigenvalue weighted by atomic mass is 9.97. The van der Waals surface area contributed by atoms with Crippen LogP contribution < -0.4 is 4.74 Å². The van der Waals surface area contributed by atoms with E-state index < -0.39 is 6.61 Å². The van der Waals surface area contributed by atoms with Gasteiger partial charge in [-0.1, -0.05) is 23.2 Å². The van der Waals surface area contributed by atoms with Crippen LogP contribution >= 0.6 is 23.2 Å². The third kappa shape index (κ3) is 3.04. The Balaban J connectivity index is 1.96. The summed E-state index contributed by atoms with van der Waals surface area (Å²) in [5, 5.41) is 11.0. The van der Waals surface area contributed by atoms with E-state index in [-0.39, 0.29) is 5.91 Å². The molecule has 0 saturated carbocycles. The average Bonchev–Trinajstić information content (AvgIpc) is 3.09. The minimum atomic E-state index is -0.503. The smallest absolute Gasteiger partial charge is 0.248 e. The van der Waals surface area contributed by atoms with Crippen molar-refractivity contribution < 1.29 is 14.6 Å². The molecule has 3 heterocycles. The van der Waals surface area contributed by atoms with E-state index in [0.29, 0.717) is 35.3 Å². The molecular formula is C19H17Cl2N3O3. The molecule has 27 heavy (non-hydrogen) atoms. The number of amides is 1. The maximum absolute atomic E-state index is 12.0. The van der Waals surface area contributed by atoms with Gasteiger partial charge in [-0.3, -0.25) is 9.78 Å². The van der Waals surface area contributed by atoms with Gasteiger partial charge in [0.2, 0.25) is 5.91 Å². The highest BCUT2D eigenvalue weighted by molar-refractivity contribution is 6.45. The van der Waals surface area contributed by atoms with E-state index in [4.69, 9.17) is 27.9 Å². The third-order valence-electron chi connectivity index (χ3n) is 4.89. The first kappa shape index (κ1) is 18.1. The molecule has 0 radical (unpaired) electrons. The molecule has 2 N–H and O–H groups in total. The summed E-state index contributed by atoms with van der Waals surface area (Å²) in [6, 6.07) is 3.69. The highest BCUT2D eigenvalue weighted by Crippen LogP contribution is 2.42. The lowest BCUT2D eigenvalue weighted by Crippen LogP contribution is -2.37. The Hall–Kier alpha value is -2.28. The van der Waals surface area contributed by atoms with E-state index in [1.807, 2.05) is 12.1 Å². The van der Waals surface area contributed by atoms with Gasteiger partial charge in [-0.15, -0.1) is 0 Å². The van der Waals surface area contributed by atoms with E-state index in [1.165, 1.54) is 0 Å². The number of aliphatic hydroxyl groups excluding tert-OH is 1. The molecule has 1 aromatic carbocycles. The number of methoxy groups -OCH3 is 1. The van der Waals surface area contributed by atoms with Gasteiger partial charge in [0.1, 0.15) is 12.4 Å². The fourth-order valence-electron chi connectivity index (χ4n) is 3.56. The molecule has 4 rings (SSSR count). The van der Waals surface area contributed by atoms with Crippen LogP contribution in [0.4, 0.5) is 0 Å². The van der Waals surface area contributed by atoms with Crippen LogP contribution in [0.2, 0.25) is 10.0 Å². The first-order valence-corrected chi connectivity index (χ1v) is 9.18. The summed E-state index contributed by atoms with van der Waals surface area (Å²) in [5.74, 6) is 0.341. The second-order valence-corrected chi connectivity index (χ2v) is 7.17. The summed E-state index contributed by atoms with van der Waals surface area (Å²) in [6.45, 7) is 0.439. The Bertz CT molecular complexity index is 1050. The number of H-pyrrole nitrogens is 1. The summed E-state index contributed by atoms with van der Waals surface area (Å²) < 4.78 is 5.29. The molecule has 6 nitrogen and oxygen atoms in total. The normalized spacial score (nSPS) is 13.7. The number of carbonyl (C=O) groups is 1. The van der Waals surface area contributed by atoms with Crippen molar-refractivity contribution in [3.63, 3.8) is 0 Å². The number of carbonyl (C=O) groups excluding carboxylic acids is 1. The quantitative estimate of drug-likeness (QED) is 0.699. The highest BCUT2D eigenvalue weighted by atomic mass is 35.5. The molecule has 0 bridgehead atoms. The number of aliphatic hydroxyl groups is 1. The van der Waals surface area contributed by atoms with Crippen molar-refractivity contribution in [3.8, 4) is 16.9 Å². The standard InChI is InChI=1S/C19H17Cl2N3O3/c1-27-11-4-10(6-22-7-11)12-5-14(20)18(21)19-17(12)13-8-24(16(26)9-25)3-2-15(13)23-19/h4-7,23,25H,2-3,8-9H2,1H3. The summed E-state index contributed by atoms with van der Waals surface area (Å²) in [4.78, 5) is 21.2. The Morgan fingerprint density at radius 3 is 2.93 bits per heavy atom. The number of hydrogen-bond donors (Lipinski definition) is 2. The molecule has 1 aliphatic rings. The number of nitrogens with zero attached hydrogens (tertiary/aromatic N) is 2. The average molecular weight is 406 g/mol. The van der Waals surface area contributed by atoms with E-state index in [2.05, 4.69) is 9.97 Å². The van der Waals surface area contributed by atoms with Gasteiger partial charge in [-0.25, -0.2) is 0 Å². The summed E-state index contributed by atoms with van der Waals surface area (Å²) in [7, 11) is 1.59. The number of aromatic amines is 1. The second-order valence-electron chi connectivity index (χ2n) is 6.39. The number of pyridine rings is 1. The van der Waals surface area contributed by atoms with Crippen LogP contribution in [0.25, 0.3) is 22.0 Å². The zero-order valence-electron chi connectivity index (χ0n) is 14.6. The van der Waals surface area contributed by atoms with Crippen molar-refractivity contribution in [2.24, 2.45) is 0 Å². The number of rotatable bonds is 3. The maximum Gasteiger partial charge on any atom is 0.248 e. The molecule has 8 heteroatoms. The summed E-state index contributed by atoms with van der Waals surface area (Å²) in [6.07, 6.45) is 4.02. The van der Waals surface area contributed by atoms with E-state index in [9.17, 15) is 9.90 Å². The van der Waals surface area contributed by atoms with Crippen LogP contribution in [-0.4, -0.2) is 46.1 Å². The van der Waals surface area contributed by atoms with Gasteiger partial charge in [0, 0.05) is 47.9 Å². The first-order chi connectivity index (χ1) is 13.0. The van der Waals surface area contributed by atoms with E-state index in [1.54, 1.807) is 24.4 Å². The predicted molar refractivity (Wildman–Crippen MR) is 104 cm³/mol. The van der Waals surface area contributed by atoms with Gasteiger partial charge in [0.05, 0.1) is 28.9 Å². The topological polar surface area (TPSA) is 78.5 Å². The van der Waals surface area contributed by atoms with E-state index in [0.717, 1.165) is 33.3 Å². The molecule has 0 unspecified atom stereocenters. The van der Waals surface area contributed by atoms with Crippen molar-refractivity contribution in [2.75, 3.05) is 20.3 Å². The number of ether oxygens (including phenoxy) is 1. The second kappa shape index (κ2) is 7.03. The largest absolute Gasteiger partial charge is 0.495 e. The molecule has 0 fully saturated rings. The molecular weight excluding hydrogens is 389 g/mol. The zero-order valence-corrected chi connectivity index (χ0v) is 16.1. The first-order valence-electron chi connectivity index (χ1n) is 8.43. The van der Waals surface area contributed by atoms with Crippen LogP contribution in [-0.2, 0) is 17.8 Å². The number of halogens is 2. The maximum atomic E-state index is 12.0. The predicted octanol–water partition coefficient (Wildman–Crippen LogP) is 3.42. The SMILES string of the molecule is COc1cncc(-c2cc(Cl)c(Cl)c3[nH]c4c(c23)CN(C(=O)CO)CC4)c1.